The van der Waals surface area contributed by atoms with Crippen LogP contribution in [0, 0.1) is 13.8 Å². The fraction of sp³-hybridized carbons (Fsp3) is 0.296. The molecule has 0 unspecified atom stereocenters. The highest BCUT2D eigenvalue weighted by Crippen LogP contribution is 2.25. The Bertz CT molecular complexity index is 1430. The minimum atomic E-state index is -3.64. The Morgan fingerprint density at radius 1 is 1.06 bits per heavy atom. The molecule has 0 amide bonds. The summed E-state index contributed by atoms with van der Waals surface area (Å²) in [6.45, 7) is 6.60. The fourth-order valence-electron chi connectivity index (χ4n) is 4.64. The maximum absolute atomic E-state index is 12.9. The normalized spacial score (nSPS) is 16.9. The van der Waals surface area contributed by atoms with Crippen LogP contribution < -0.4 is 10.0 Å². The number of rotatable bonds is 7. The molecule has 1 aliphatic heterocycles. The second kappa shape index (κ2) is 9.71. The van der Waals surface area contributed by atoms with Crippen molar-refractivity contribution in [1.82, 2.24) is 15.1 Å². The third kappa shape index (κ3) is 5.49. The lowest BCUT2D eigenvalue weighted by molar-refractivity contribution is 0.208. The highest BCUT2D eigenvalue weighted by Gasteiger charge is 2.21. The van der Waals surface area contributed by atoms with Crippen LogP contribution >= 0.6 is 0 Å². The third-order valence-corrected chi connectivity index (χ3v) is 7.98. The van der Waals surface area contributed by atoms with Crippen molar-refractivity contribution >= 4 is 32.3 Å². The Balaban J connectivity index is 1.25. The number of hydrogen-bond donors (Lipinski definition) is 3. The number of nitrogens with zero attached hydrogens (tertiary/aromatic N) is 2. The summed E-state index contributed by atoms with van der Waals surface area (Å²) >= 11 is 0. The number of benzene rings is 3. The summed E-state index contributed by atoms with van der Waals surface area (Å²) in [4.78, 5) is 2.70. The number of H-pyrrole nitrogens is 1. The smallest absolute Gasteiger partial charge is 0.261 e. The van der Waals surface area contributed by atoms with Gasteiger partial charge in [-0.3, -0.25) is 14.7 Å². The number of aromatic amines is 1. The Hall–Kier alpha value is -3.36. The molecule has 1 atom stereocenters. The van der Waals surface area contributed by atoms with E-state index in [-0.39, 0.29) is 4.90 Å². The number of nitrogens with one attached hydrogen (secondary N) is 3. The Labute approximate surface area is 206 Å². The summed E-state index contributed by atoms with van der Waals surface area (Å²) in [5, 5.41) is 11.9. The molecule has 35 heavy (non-hydrogen) atoms. The van der Waals surface area contributed by atoms with Crippen molar-refractivity contribution in [2.24, 2.45) is 0 Å². The zero-order valence-electron chi connectivity index (χ0n) is 20.1. The zero-order chi connectivity index (χ0) is 24.4. The summed E-state index contributed by atoms with van der Waals surface area (Å²) in [6.07, 6.45) is 4.08. The van der Waals surface area contributed by atoms with Gasteiger partial charge in [-0.05, 0) is 80.8 Å². The van der Waals surface area contributed by atoms with E-state index in [0.29, 0.717) is 11.7 Å². The molecule has 7 nitrogen and oxygen atoms in total. The van der Waals surface area contributed by atoms with Gasteiger partial charge in [0, 0.05) is 30.2 Å². The summed E-state index contributed by atoms with van der Waals surface area (Å²) in [6, 6.07) is 19.6. The van der Waals surface area contributed by atoms with Crippen molar-refractivity contribution in [2.45, 2.75) is 44.2 Å². The highest BCUT2D eigenvalue weighted by molar-refractivity contribution is 7.92. The van der Waals surface area contributed by atoms with Crippen LogP contribution in [0.2, 0.25) is 0 Å². The summed E-state index contributed by atoms with van der Waals surface area (Å²) in [5.74, 6) is 0. The first kappa shape index (κ1) is 23.4. The van der Waals surface area contributed by atoms with Gasteiger partial charge in [0.1, 0.15) is 0 Å². The first-order valence-electron chi connectivity index (χ1n) is 12.0. The molecule has 4 aromatic rings. The van der Waals surface area contributed by atoms with E-state index in [1.165, 1.54) is 0 Å². The quantitative estimate of drug-likeness (QED) is 0.338. The predicted molar refractivity (Wildman–Crippen MR) is 141 cm³/mol. The number of aromatic nitrogens is 2. The van der Waals surface area contributed by atoms with Crippen molar-refractivity contribution in [3.8, 4) is 0 Å². The Morgan fingerprint density at radius 3 is 2.71 bits per heavy atom. The van der Waals surface area contributed by atoms with Crippen molar-refractivity contribution < 1.29 is 8.42 Å². The molecule has 5 rings (SSSR count). The molecule has 8 heteroatoms. The third-order valence-electron chi connectivity index (χ3n) is 6.60. The number of piperidine rings is 1. The highest BCUT2D eigenvalue weighted by atomic mass is 32.2. The monoisotopic (exact) mass is 489 g/mol. The van der Waals surface area contributed by atoms with Gasteiger partial charge in [0.05, 0.1) is 22.3 Å². The zero-order valence-corrected chi connectivity index (χ0v) is 20.9. The van der Waals surface area contributed by atoms with Crippen LogP contribution in [-0.2, 0) is 16.6 Å². The molecule has 3 N–H and O–H groups in total. The molecule has 0 bridgehead atoms. The lowest BCUT2D eigenvalue weighted by Gasteiger charge is -2.34. The Morgan fingerprint density at radius 2 is 1.89 bits per heavy atom. The molecule has 1 aliphatic rings. The minimum absolute atomic E-state index is 0.270. The molecule has 182 valence electrons. The molecule has 1 saturated heterocycles. The van der Waals surface area contributed by atoms with E-state index in [1.54, 1.807) is 12.1 Å². The SMILES string of the molecule is Cc1ccc(S(=O)(=O)Nc2cc(CN3CCC[C@@H](Nc4ccc5[nH]ncc5c4)C3)ccc2C)cc1. The number of anilines is 2. The average Bonchev–Trinajstić information content (AvgIpc) is 3.30. The first-order valence-corrected chi connectivity index (χ1v) is 13.5. The molecule has 1 fully saturated rings. The number of aryl methyl sites for hydroxylation is 2. The van der Waals surface area contributed by atoms with Gasteiger partial charge in [-0.2, -0.15) is 5.10 Å². The molecule has 1 aromatic heterocycles. The Kier molecular flexibility index (Phi) is 6.49. The van der Waals surface area contributed by atoms with Crippen LogP contribution in [0.3, 0.4) is 0 Å². The molecule has 0 radical (unpaired) electrons. The van der Waals surface area contributed by atoms with Crippen LogP contribution in [0.5, 0.6) is 0 Å². The molecule has 0 spiro atoms. The van der Waals surface area contributed by atoms with Gasteiger partial charge in [0.2, 0.25) is 0 Å². The minimum Gasteiger partial charge on any atom is -0.381 e. The van der Waals surface area contributed by atoms with Gasteiger partial charge in [-0.1, -0.05) is 29.8 Å². The van der Waals surface area contributed by atoms with E-state index in [2.05, 4.69) is 49.4 Å². The van der Waals surface area contributed by atoms with E-state index in [0.717, 1.165) is 65.8 Å². The van der Waals surface area contributed by atoms with Crippen molar-refractivity contribution in [1.29, 1.82) is 0 Å². The van der Waals surface area contributed by atoms with Gasteiger partial charge in [-0.15, -0.1) is 0 Å². The number of likely N-dealkylation sites (tertiary alicyclic amines) is 1. The van der Waals surface area contributed by atoms with Gasteiger partial charge in [0.25, 0.3) is 10.0 Å². The maximum Gasteiger partial charge on any atom is 0.261 e. The summed E-state index contributed by atoms with van der Waals surface area (Å²) in [7, 11) is -3.64. The second-order valence-electron chi connectivity index (χ2n) is 9.46. The van der Waals surface area contributed by atoms with Crippen LogP contribution in [-0.4, -0.2) is 42.6 Å². The first-order chi connectivity index (χ1) is 16.9. The molecular weight excluding hydrogens is 458 g/mol. The van der Waals surface area contributed by atoms with Gasteiger partial charge in [0.15, 0.2) is 0 Å². The lowest BCUT2D eigenvalue weighted by Crippen LogP contribution is -2.41. The molecule has 0 saturated carbocycles. The maximum atomic E-state index is 12.9. The second-order valence-corrected chi connectivity index (χ2v) is 11.1. The van der Waals surface area contributed by atoms with E-state index >= 15 is 0 Å². The van der Waals surface area contributed by atoms with Crippen molar-refractivity contribution in [3.05, 3.63) is 83.6 Å². The standard InChI is InChI=1S/C27H31N5O2S/c1-19-5-10-25(11-6-19)35(33,34)31-27-14-21(8-7-20(27)2)17-32-13-3-4-24(18-32)29-23-9-12-26-22(15-23)16-28-30-26/h5-12,14-16,24,29,31H,3-4,13,17-18H2,1-2H3,(H,28,30)/t24-/m1/s1. The van der Waals surface area contributed by atoms with Crippen LogP contribution in [0.15, 0.2) is 71.8 Å². The van der Waals surface area contributed by atoms with Gasteiger partial charge in [-0.25, -0.2) is 8.42 Å². The molecule has 0 aliphatic carbocycles. The van der Waals surface area contributed by atoms with E-state index in [9.17, 15) is 8.42 Å². The summed E-state index contributed by atoms with van der Waals surface area (Å²) in [5.41, 5.74) is 5.79. The van der Waals surface area contributed by atoms with Crippen molar-refractivity contribution in [2.75, 3.05) is 23.1 Å². The molecule has 2 heterocycles. The largest absolute Gasteiger partial charge is 0.381 e. The molecule has 3 aromatic carbocycles. The lowest BCUT2D eigenvalue weighted by atomic mass is 10.0. The predicted octanol–water partition coefficient (Wildman–Crippen LogP) is 5.06. The average molecular weight is 490 g/mol. The van der Waals surface area contributed by atoms with Crippen LogP contribution in [0.25, 0.3) is 10.9 Å². The molecular formula is C27H31N5O2S. The fourth-order valence-corrected chi connectivity index (χ4v) is 5.76. The van der Waals surface area contributed by atoms with E-state index in [4.69, 9.17) is 0 Å². The van der Waals surface area contributed by atoms with Gasteiger partial charge < -0.3 is 5.32 Å². The van der Waals surface area contributed by atoms with Gasteiger partial charge >= 0.3 is 0 Å². The number of sulfonamides is 1. The van der Waals surface area contributed by atoms with E-state index < -0.39 is 10.0 Å². The van der Waals surface area contributed by atoms with E-state index in [1.807, 2.05) is 44.3 Å². The van der Waals surface area contributed by atoms with Crippen molar-refractivity contribution in [3.63, 3.8) is 0 Å². The van der Waals surface area contributed by atoms with Crippen LogP contribution in [0.1, 0.15) is 29.5 Å². The van der Waals surface area contributed by atoms with Crippen LogP contribution in [0.4, 0.5) is 11.4 Å². The summed E-state index contributed by atoms with van der Waals surface area (Å²) < 4.78 is 28.6. The number of fused-ring (bicyclic) bond motifs is 1. The topological polar surface area (TPSA) is 90.1 Å². The number of hydrogen-bond acceptors (Lipinski definition) is 5.